The summed E-state index contributed by atoms with van der Waals surface area (Å²) in [6, 6.07) is 7.82. The van der Waals surface area contributed by atoms with E-state index in [2.05, 4.69) is 79.6 Å². The Bertz CT molecular complexity index is 1310. The Balaban J connectivity index is 1.30. The minimum absolute atomic E-state index is 0.0774. The van der Waals surface area contributed by atoms with E-state index >= 15 is 0 Å². The molecule has 10 atom stereocenters. The zero-order chi connectivity index (χ0) is 33.4. The fourth-order valence-corrected chi connectivity index (χ4v) is 14.1. The lowest BCUT2D eigenvalue weighted by molar-refractivity contribution is -0.239. The Morgan fingerprint density at radius 2 is 1.52 bits per heavy atom. The molecule has 5 saturated carbocycles. The number of carbonyl (C=O) groups is 2. The van der Waals surface area contributed by atoms with Gasteiger partial charge in [0.2, 0.25) is 0 Å². The predicted octanol–water partition coefficient (Wildman–Crippen LogP) is 10.1. The first-order valence-corrected chi connectivity index (χ1v) is 19.0. The van der Waals surface area contributed by atoms with Gasteiger partial charge in [0.25, 0.3) is 0 Å². The number of carboxylic acid groups (broad SMARTS) is 1. The first-order chi connectivity index (χ1) is 21.5. The molecule has 256 valence electrons. The second kappa shape index (κ2) is 11.7. The van der Waals surface area contributed by atoms with E-state index in [9.17, 15) is 14.7 Å². The highest BCUT2D eigenvalue weighted by Gasteiger charge is 2.71. The van der Waals surface area contributed by atoms with E-state index in [1.54, 1.807) is 0 Å². The van der Waals surface area contributed by atoms with Gasteiger partial charge in [0.1, 0.15) is 5.78 Å². The molecule has 1 aromatic carbocycles. The molecule has 5 aliphatic carbocycles. The first kappa shape index (κ1) is 34.2. The van der Waals surface area contributed by atoms with E-state index in [-0.39, 0.29) is 16.2 Å². The normalized spacial score (nSPS) is 43.0. The Labute approximate surface area is 280 Å². The van der Waals surface area contributed by atoms with Crippen molar-refractivity contribution in [3.63, 3.8) is 0 Å². The minimum Gasteiger partial charge on any atom is -0.478 e. The molecule has 4 nitrogen and oxygen atoms in total. The molecule has 4 heteroatoms. The quantitative estimate of drug-likeness (QED) is 0.310. The van der Waals surface area contributed by atoms with E-state index < -0.39 is 5.97 Å². The van der Waals surface area contributed by atoms with E-state index in [1.165, 1.54) is 56.9 Å². The summed E-state index contributed by atoms with van der Waals surface area (Å²) in [5.41, 5.74) is 2.68. The maximum atomic E-state index is 14.4. The van der Waals surface area contributed by atoms with Gasteiger partial charge in [-0.1, -0.05) is 60.6 Å². The van der Waals surface area contributed by atoms with Gasteiger partial charge < -0.3 is 10.0 Å². The number of nitrogens with zero attached hydrogens (tertiary/aromatic N) is 1. The van der Waals surface area contributed by atoms with Crippen molar-refractivity contribution in [3.05, 3.63) is 35.4 Å². The highest BCUT2D eigenvalue weighted by Crippen LogP contribution is 2.78. The van der Waals surface area contributed by atoms with E-state index in [4.69, 9.17) is 0 Å². The average molecular weight is 632 g/mol. The lowest BCUT2D eigenvalue weighted by Gasteiger charge is -2.73. The third-order valence-corrected chi connectivity index (χ3v) is 16.5. The van der Waals surface area contributed by atoms with Crippen LogP contribution in [0.3, 0.4) is 0 Å². The van der Waals surface area contributed by atoms with Crippen LogP contribution in [-0.2, 0) is 4.79 Å². The highest BCUT2D eigenvalue weighted by molar-refractivity contribution is 5.87. The van der Waals surface area contributed by atoms with E-state index in [1.807, 2.05) is 12.1 Å². The number of carbonyl (C=O) groups excluding carboxylic acids is 1. The Morgan fingerprint density at radius 1 is 0.826 bits per heavy atom. The lowest BCUT2D eigenvalue weighted by atomic mass is 9.31. The number of carboxylic acids is 1. The summed E-state index contributed by atoms with van der Waals surface area (Å²) >= 11 is 0. The monoisotopic (exact) mass is 631 g/mol. The molecule has 5 fully saturated rings. The Hall–Kier alpha value is -1.68. The van der Waals surface area contributed by atoms with Crippen LogP contribution in [0.2, 0.25) is 0 Å². The van der Waals surface area contributed by atoms with Gasteiger partial charge in [0.05, 0.1) is 5.56 Å². The van der Waals surface area contributed by atoms with Crippen molar-refractivity contribution in [1.82, 2.24) is 4.90 Å². The van der Waals surface area contributed by atoms with Crippen LogP contribution in [0.4, 0.5) is 0 Å². The van der Waals surface area contributed by atoms with Crippen molar-refractivity contribution in [2.24, 2.45) is 62.6 Å². The van der Waals surface area contributed by atoms with Crippen LogP contribution >= 0.6 is 0 Å². The van der Waals surface area contributed by atoms with Crippen molar-refractivity contribution in [1.29, 1.82) is 0 Å². The van der Waals surface area contributed by atoms with Gasteiger partial charge in [-0.15, -0.1) is 0 Å². The van der Waals surface area contributed by atoms with Crippen molar-refractivity contribution < 1.29 is 14.7 Å². The molecule has 5 aliphatic rings. The number of aromatic carboxylic acids is 1. The molecule has 46 heavy (non-hydrogen) atoms. The molecule has 0 aromatic heterocycles. The number of hydrogen-bond acceptors (Lipinski definition) is 3. The van der Waals surface area contributed by atoms with Crippen molar-refractivity contribution in [2.75, 3.05) is 20.6 Å². The number of ketones is 1. The van der Waals surface area contributed by atoms with E-state index in [0.29, 0.717) is 57.7 Å². The van der Waals surface area contributed by atoms with Gasteiger partial charge in [-0.2, -0.15) is 0 Å². The second-order valence-electron chi connectivity index (χ2n) is 19.0. The first-order valence-electron chi connectivity index (χ1n) is 19.0. The molecular weight excluding hydrogens is 566 g/mol. The van der Waals surface area contributed by atoms with Crippen LogP contribution in [0.15, 0.2) is 24.3 Å². The summed E-state index contributed by atoms with van der Waals surface area (Å²) in [5.74, 6) is 4.15. The molecule has 6 rings (SSSR count). The van der Waals surface area contributed by atoms with Gasteiger partial charge in [-0.3, -0.25) is 4.79 Å². The van der Waals surface area contributed by atoms with Gasteiger partial charge >= 0.3 is 5.97 Å². The van der Waals surface area contributed by atoms with Crippen LogP contribution < -0.4 is 0 Å². The number of fused-ring (bicyclic) bond motifs is 7. The number of rotatable bonds is 8. The van der Waals surface area contributed by atoms with Crippen molar-refractivity contribution in [3.8, 4) is 0 Å². The predicted molar refractivity (Wildman–Crippen MR) is 188 cm³/mol. The molecule has 0 spiro atoms. The molecule has 0 amide bonds. The number of hydrogen-bond donors (Lipinski definition) is 1. The van der Waals surface area contributed by atoms with Gasteiger partial charge in [-0.25, -0.2) is 4.79 Å². The van der Waals surface area contributed by atoms with Gasteiger partial charge in [0.15, 0.2) is 0 Å². The van der Waals surface area contributed by atoms with Crippen LogP contribution in [0.5, 0.6) is 0 Å². The average Bonchev–Trinajstić information content (AvgIpc) is 3.38. The van der Waals surface area contributed by atoms with Crippen LogP contribution in [0.25, 0.3) is 0 Å². The maximum absolute atomic E-state index is 14.4. The number of benzene rings is 1. The summed E-state index contributed by atoms with van der Waals surface area (Å²) in [7, 11) is 4.25. The summed E-state index contributed by atoms with van der Waals surface area (Å²) < 4.78 is 0. The third-order valence-electron chi connectivity index (χ3n) is 16.5. The minimum atomic E-state index is -0.844. The van der Waals surface area contributed by atoms with Crippen LogP contribution in [-0.4, -0.2) is 42.4 Å². The fourth-order valence-electron chi connectivity index (χ4n) is 14.1. The summed E-state index contributed by atoms with van der Waals surface area (Å²) in [4.78, 5) is 28.1. The summed E-state index contributed by atoms with van der Waals surface area (Å²) in [6.45, 7) is 19.1. The SMILES string of the molecule is CC(C)[C@@H]1CC[C@]2(C(=O)CCCN(C)C)CC[C@]3(C)[C@H](CC[C@@H]4[C@@]5(C)CC[C@@H](c6ccc(C(=O)O)cc6)C(C)(C)[C@@H]5CC[C@]43C)[C@@H]12. The molecule has 0 radical (unpaired) electrons. The van der Waals surface area contributed by atoms with Gasteiger partial charge in [-0.05, 0) is 172 Å². The highest BCUT2D eigenvalue weighted by atomic mass is 16.4. The number of Topliss-reactive ketones (excluding diaryl/α,β-unsaturated/α-hetero) is 1. The lowest BCUT2D eigenvalue weighted by Crippen LogP contribution is -2.66. The van der Waals surface area contributed by atoms with Gasteiger partial charge in [0, 0.05) is 11.8 Å². The molecule has 0 heterocycles. The zero-order valence-electron chi connectivity index (χ0n) is 30.8. The van der Waals surface area contributed by atoms with Crippen molar-refractivity contribution >= 4 is 11.8 Å². The van der Waals surface area contributed by atoms with Crippen molar-refractivity contribution in [2.45, 2.75) is 131 Å². The third kappa shape index (κ3) is 4.91. The Morgan fingerprint density at radius 3 is 2.15 bits per heavy atom. The van der Waals surface area contributed by atoms with E-state index in [0.717, 1.165) is 38.1 Å². The zero-order valence-corrected chi connectivity index (χ0v) is 30.8. The smallest absolute Gasteiger partial charge is 0.335 e. The standard InChI is InChI=1S/C42H65NO3/c1-27(2)30-18-23-42(35(44)11-10-26-43(8)9)25-24-40(6)32(36(30)42)16-17-34-39(5)21-19-31(28-12-14-29(15-13-28)37(45)46)38(3,4)33(39)20-22-41(34,40)7/h12-15,27,30-34,36H,10-11,16-26H2,1-9H3,(H,45,46)/t30-,31-,32+,33-,34+,36+,39-,40+,41+,42+/m0/s1. The second-order valence-corrected chi connectivity index (χ2v) is 19.0. The molecule has 0 bridgehead atoms. The fraction of sp³-hybridized carbons (Fsp3) is 0.810. The maximum Gasteiger partial charge on any atom is 0.335 e. The van der Waals surface area contributed by atoms with Crippen LogP contribution in [0.1, 0.15) is 147 Å². The summed E-state index contributed by atoms with van der Waals surface area (Å²) in [6.07, 6.45) is 14.2. The Kier molecular flexibility index (Phi) is 8.72. The topological polar surface area (TPSA) is 57.6 Å². The molecule has 0 aliphatic heterocycles. The molecule has 1 N–H and O–H groups in total. The largest absolute Gasteiger partial charge is 0.478 e. The van der Waals surface area contributed by atoms with Crippen LogP contribution in [0, 0.1) is 62.6 Å². The molecular formula is C42H65NO3. The molecule has 0 unspecified atom stereocenters. The molecule has 0 saturated heterocycles. The molecule has 1 aromatic rings. The summed E-state index contributed by atoms with van der Waals surface area (Å²) in [5, 5.41) is 9.48.